The first-order valence-electron chi connectivity index (χ1n) is 8.07. The predicted molar refractivity (Wildman–Crippen MR) is 95.5 cm³/mol. The van der Waals surface area contributed by atoms with Crippen LogP contribution in [-0.4, -0.2) is 18.3 Å². The molecule has 3 aromatic rings. The van der Waals surface area contributed by atoms with Crippen LogP contribution in [0.4, 0.5) is 0 Å². The van der Waals surface area contributed by atoms with Crippen molar-refractivity contribution in [1.82, 2.24) is 4.57 Å². The molecule has 24 heavy (non-hydrogen) atoms. The third-order valence-corrected chi connectivity index (χ3v) is 4.14. The molecule has 3 rings (SSSR count). The van der Waals surface area contributed by atoms with Crippen LogP contribution in [0.15, 0.2) is 42.5 Å². The molecule has 0 radical (unpaired) electrons. The molecule has 4 nitrogen and oxygen atoms in total. The summed E-state index contributed by atoms with van der Waals surface area (Å²) < 4.78 is 13.0. The van der Waals surface area contributed by atoms with E-state index >= 15 is 0 Å². The van der Waals surface area contributed by atoms with Crippen molar-refractivity contribution in [2.45, 2.75) is 20.4 Å². The monoisotopic (exact) mass is 320 g/mol. The molecule has 0 atom stereocenters. The van der Waals surface area contributed by atoms with Gasteiger partial charge in [0.05, 0.1) is 30.5 Å². The Kier molecular flexibility index (Phi) is 4.43. The molecule has 0 unspecified atom stereocenters. The van der Waals surface area contributed by atoms with Crippen LogP contribution < -0.4 is 9.47 Å². The minimum Gasteiger partial charge on any atom is -0.497 e. The van der Waals surface area contributed by atoms with Crippen LogP contribution in [0.5, 0.6) is 11.5 Å². The van der Waals surface area contributed by atoms with E-state index in [1.807, 2.05) is 49.4 Å². The number of nitrogens with zero attached hydrogens (tertiary/aromatic N) is 2. The van der Waals surface area contributed by atoms with E-state index in [0.717, 1.165) is 40.2 Å². The Morgan fingerprint density at radius 2 is 1.75 bits per heavy atom. The molecule has 4 heteroatoms. The maximum absolute atomic E-state index is 9.73. The van der Waals surface area contributed by atoms with Crippen molar-refractivity contribution in [1.29, 1.82) is 5.26 Å². The van der Waals surface area contributed by atoms with E-state index in [-0.39, 0.29) is 0 Å². The summed E-state index contributed by atoms with van der Waals surface area (Å²) >= 11 is 0. The van der Waals surface area contributed by atoms with Gasteiger partial charge in [0, 0.05) is 18.0 Å². The lowest BCUT2D eigenvalue weighted by Crippen LogP contribution is -1.98. The van der Waals surface area contributed by atoms with E-state index in [9.17, 15) is 5.26 Å². The van der Waals surface area contributed by atoms with Gasteiger partial charge in [0.1, 0.15) is 17.6 Å². The Balaban J connectivity index is 2.24. The average molecular weight is 320 g/mol. The van der Waals surface area contributed by atoms with Gasteiger partial charge < -0.3 is 14.0 Å². The number of hydrogen-bond acceptors (Lipinski definition) is 3. The molecular formula is C20H20N2O2. The fourth-order valence-electron chi connectivity index (χ4n) is 3.07. The maximum Gasteiger partial charge on any atom is 0.120 e. The highest BCUT2D eigenvalue weighted by Gasteiger charge is 2.18. The summed E-state index contributed by atoms with van der Waals surface area (Å²) in [6, 6.07) is 16.1. The zero-order valence-corrected chi connectivity index (χ0v) is 14.2. The Morgan fingerprint density at radius 3 is 2.33 bits per heavy atom. The first-order chi connectivity index (χ1) is 11.7. The normalized spacial score (nSPS) is 10.6. The highest BCUT2D eigenvalue weighted by Crippen LogP contribution is 2.35. The quantitative estimate of drug-likeness (QED) is 0.690. The first kappa shape index (κ1) is 15.9. The highest BCUT2D eigenvalue weighted by molar-refractivity contribution is 5.95. The zero-order valence-electron chi connectivity index (χ0n) is 14.2. The molecule has 0 fully saturated rings. The van der Waals surface area contributed by atoms with Crippen LogP contribution in [0.3, 0.4) is 0 Å². The molecular weight excluding hydrogens is 300 g/mol. The SMILES string of the molecule is CCOc1ccc(-c2c(C#N)c3ccc(OC)cc3n2CC)cc1. The fraction of sp³-hybridized carbons (Fsp3) is 0.250. The first-order valence-corrected chi connectivity index (χ1v) is 8.07. The third-order valence-electron chi connectivity index (χ3n) is 4.14. The van der Waals surface area contributed by atoms with Gasteiger partial charge in [0.25, 0.3) is 0 Å². The van der Waals surface area contributed by atoms with Crippen molar-refractivity contribution < 1.29 is 9.47 Å². The molecule has 0 bridgehead atoms. The van der Waals surface area contributed by atoms with E-state index in [2.05, 4.69) is 17.6 Å². The second-order valence-corrected chi connectivity index (χ2v) is 5.42. The minimum absolute atomic E-state index is 0.637. The third kappa shape index (κ3) is 2.59. The molecule has 0 N–H and O–H groups in total. The summed E-state index contributed by atoms with van der Waals surface area (Å²) in [5, 5.41) is 10.7. The average Bonchev–Trinajstić information content (AvgIpc) is 2.95. The van der Waals surface area contributed by atoms with E-state index in [0.29, 0.717) is 12.2 Å². The molecule has 0 saturated carbocycles. The summed E-state index contributed by atoms with van der Waals surface area (Å²) in [4.78, 5) is 0. The number of aromatic nitrogens is 1. The molecule has 0 aliphatic rings. The van der Waals surface area contributed by atoms with E-state index in [1.54, 1.807) is 7.11 Å². The summed E-state index contributed by atoms with van der Waals surface area (Å²) in [5.74, 6) is 1.62. The van der Waals surface area contributed by atoms with Gasteiger partial charge in [-0.05, 0) is 55.8 Å². The van der Waals surface area contributed by atoms with Gasteiger partial charge in [-0.15, -0.1) is 0 Å². The number of rotatable bonds is 5. The smallest absolute Gasteiger partial charge is 0.120 e. The summed E-state index contributed by atoms with van der Waals surface area (Å²) in [5.41, 5.74) is 3.65. The number of aryl methyl sites for hydroxylation is 1. The van der Waals surface area contributed by atoms with Gasteiger partial charge >= 0.3 is 0 Å². The molecule has 122 valence electrons. The fourth-order valence-corrected chi connectivity index (χ4v) is 3.07. The maximum atomic E-state index is 9.73. The van der Waals surface area contributed by atoms with Crippen LogP contribution in [-0.2, 0) is 6.54 Å². The van der Waals surface area contributed by atoms with Gasteiger partial charge in [-0.25, -0.2) is 0 Å². The molecule has 0 aliphatic carbocycles. The van der Waals surface area contributed by atoms with Crippen molar-refractivity contribution >= 4 is 10.9 Å². The number of hydrogen-bond donors (Lipinski definition) is 0. The summed E-state index contributed by atoms with van der Waals surface area (Å²) in [6.07, 6.45) is 0. The number of fused-ring (bicyclic) bond motifs is 1. The van der Waals surface area contributed by atoms with Crippen LogP contribution in [0.1, 0.15) is 19.4 Å². The Bertz CT molecular complexity index is 902. The number of benzene rings is 2. The zero-order chi connectivity index (χ0) is 17.1. The lowest BCUT2D eigenvalue weighted by Gasteiger charge is -2.10. The molecule has 1 aromatic heterocycles. The Hall–Kier alpha value is -2.93. The van der Waals surface area contributed by atoms with Gasteiger partial charge in [0.15, 0.2) is 0 Å². The summed E-state index contributed by atoms with van der Waals surface area (Å²) in [6.45, 7) is 5.45. The molecule has 0 saturated heterocycles. The predicted octanol–water partition coefficient (Wildman–Crippen LogP) is 4.61. The van der Waals surface area contributed by atoms with Crippen LogP contribution in [0.2, 0.25) is 0 Å². The van der Waals surface area contributed by atoms with E-state index < -0.39 is 0 Å². The minimum atomic E-state index is 0.637. The number of nitriles is 1. The molecule has 0 amide bonds. The van der Waals surface area contributed by atoms with Gasteiger partial charge in [0.2, 0.25) is 0 Å². The van der Waals surface area contributed by atoms with Gasteiger partial charge in [-0.3, -0.25) is 0 Å². The standard InChI is InChI=1S/C20H20N2O2/c1-4-22-19-12-16(23-3)10-11-17(19)18(13-21)20(22)14-6-8-15(9-7-14)24-5-2/h6-12H,4-5H2,1-3H3. The lowest BCUT2D eigenvalue weighted by molar-refractivity contribution is 0.340. The molecule has 0 aliphatic heterocycles. The number of ether oxygens (including phenoxy) is 2. The van der Waals surface area contributed by atoms with Crippen molar-refractivity contribution in [2.24, 2.45) is 0 Å². The van der Waals surface area contributed by atoms with Gasteiger partial charge in [-0.2, -0.15) is 5.26 Å². The Morgan fingerprint density at radius 1 is 1.04 bits per heavy atom. The van der Waals surface area contributed by atoms with Crippen LogP contribution in [0.25, 0.3) is 22.2 Å². The second-order valence-electron chi connectivity index (χ2n) is 5.42. The van der Waals surface area contributed by atoms with Crippen molar-refractivity contribution in [3.63, 3.8) is 0 Å². The second kappa shape index (κ2) is 6.67. The van der Waals surface area contributed by atoms with Crippen LogP contribution >= 0.6 is 0 Å². The van der Waals surface area contributed by atoms with E-state index in [1.165, 1.54) is 0 Å². The topological polar surface area (TPSA) is 47.2 Å². The Labute approximate surface area is 141 Å². The van der Waals surface area contributed by atoms with Crippen molar-refractivity contribution in [3.8, 4) is 28.8 Å². The highest BCUT2D eigenvalue weighted by atomic mass is 16.5. The summed E-state index contributed by atoms with van der Waals surface area (Å²) in [7, 11) is 1.65. The van der Waals surface area contributed by atoms with Gasteiger partial charge in [-0.1, -0.05) is 0 Å². The largest absolute Gasteiger partial charge is 0.497 e. The molecule has 2 aromatic carbocycles. The van der Waals surface area contributed by atoms with Crippen LogP contribution in [0, 0.1) is 11.3 Å². The lowest BCUT2D eigenvalue weighted by atomic mass is 10.1. The van der Waals surface area contributed by atoms with Crippen molar-refractivity contribution in [2.75, 3.05) is 13.7 Å². The molecule has 1 heterocycles. The number of methoxy groups -OCH3 is 1. The van der Waals surface area contributed by atoms with Crippen molar-refractivity contribution in [3.05, 3.63) is 48.0 Å². The molecule has 0 spiro atoms. The van der Waals surface area contributed by atoms with E-state index in [4.69, 9.17) is 9.47 Å².